The number of aromatic nitrogens is 2. The first-order valence-corrected chi connectivity index (χ1v) is 5.25. The number of anilines is 1. The van der Waals surface area contributed by atoms with Crippen LogP contribution >= 0.6 is 0 Å². The maximum Gasteiger partial charge on any atom is 0.127 e. The van der Waals surface area contributed by atoms with Gasteiger partial charge in [-0.25, -0.2) is 4.98 Å². The van der Waals surface area contributed by atoms with Crippen molar-refractivity contribution >= 4 is 5.82 Å². The minimum atomic E-state index is 0.702. The van der Waals surface area contributed by atoms with Crippen LogP contribution in [0.3, 0.4) is 0 Å². The lowest BCUT2D eigenvalue weighted by Gasteiger charge is -2.02. The first-order valence-electron chi connectivity index (χ1n) is 5.25. The number of imidazole rings is 1. The van der Waals surface area contributed by atoms with Crippen LogP contribution < -0.4 is 5.73 Å². The lowest BCUT2D eigenvalue weighted by Crippen LogP contribution is -2.02. The Balaban J connectivity index is 2.19. The molecule has 1 heterocycles. The molecule has 0 spiro atoms. The van der Waals surface area contributed by atoms with E-state index in [1.54, 1.807) is 6.33 Å². The van der Waals surface area contributed by atoms with Crippen LogP contribution in [-0.4, -0.2) is 9.55 Å². The van der Waals surface area contributed by atoms with E-state index < -0.39 is 0 Å². The molecule has 2 N–H and O–H groups in total. The molecule has 0 aliphatic rings. The summed E-state index contributed by atoms with van der Waals surface area (Å²) in [6, 6.07) is 10.2. The van der Waals surface area contributed by atoms with Crippen LogP contribution in [-0.2, 0) is 13.0 Å². The first-order chi connectivity index (χ1) is 7.81. The summed E-state index contributed by atoms with van der Waals surface area (Å²) >= 11 is 0. The zero-order valence-corrected chi connectivity index (χ0v) is 9.13. The molecule has 0 bridgehead atoms. The van der Waals surface area contributed by atoms with Crippen LogP contribution in [0.15, 0.2) is 49.3 Å². The molecule has 3 heteroatoms. The average molecular weight is 213 g/mol. The van der Waals surface area contributed by atoms with Crippen molar-refractivity contribution in [2.24, 2.45) is 0 Å². The van der Waals surface area contributed by atoms with Gasteiger partial charge in [-0.1, -0.05) is 36.4 Å². The highest BCUT2D eigenvalue weighted by Crippen LogP contribution is 2.14. The van der Waals surface area contributed by atoms with Gasteiger partial charge >= 0.3 is 0 Å². The van der Waals surface area contributed by atoms with E-state index in [1.807, 2.05) is 28.8 Å². The second kappa shape index (κ2) is 4.66. The van der Waals surface area contributed by atoms with Crippen LogP contribution in [0, 0.1) is 0 Å². The highest BCUT2D eigenvalue weighted by Gasteiger charge is 2.06. The van der Waals surface area contributed by atoms with Crippen LogP contribution in [0.2, 0.25) is 0 Å². The summed E-state index contributed by atoms with van der Waals surface area (Å²) in [4.78, 5) is 4.32. The summed E-state index contributed by atoms with van der Waals surface area (Å²) in [5, 5.41) is 0. The molecule has 0 amide bonds. The standard InChI is InChI=1S/C13H15N3/c1-2-8-16-10-15-12(13(16)14)9-11-6-4-3-5-7-11/h2-7,10H,1,8-9,14H2. The number of nitrogens with two attached hydrogens (primary N) is 1. The molecule has 1 aromatic carbocycles. The molecule has 82 valence electrons. The van der Waals surface area contributed by atoms with E-state index >= 15 is 0 Å². The van der Waals surface area contributed by atoms with Crippen molar-refractivity contribution in [3.8, 4) is 0 Å². The van der Waals surface area contributed by atoms with Gasteiger partial charge in [0.05, 0.1) is 12.0 Å². The molecule has 0 atom stereocenters. The monoisotopic (exact) mass is 213 g/mol. The molecule has 0 aliphatic carbocycles. The summed E-state index contributed by atoms with van der Waals surface area (Å²) in [6.07, 6.45) is 4.34. The zero-order valence-electron chi connectivity index (χ0n) is 9.13. The lowest BCUT2D eigenvalue weighted by atomic mass is 10.1. The number of allylic oxidation sites excluding steroid dienone is 1. The number of nitrogens with zero attached hydrogens (tertiary/aromatic N) is 2. The van der Waals surface area contributed by atoms with Crippen LogP contribution in [0.25, 0.3) is 0 Å². The van der Waals surface area contributed by atoms with Crippen LogP contribution in [0.1, 0.15) is 11.3 Å². The van der Waals surface area contributed by atoms with E-state index in [9.17, 15) is 0 Å². The van der Waals surface area contributed by atoms with Crippen molar-refractivity contribution < 1.29 is 0 Å². The van der Waals surface area contributed by atoms with Crippen molar-refractivity contribution in [1.29, 1.82) is 0 Å². The fourth-order valence-electron chi connectivity index (χ4n) is 1.64. The van der Waals surface area contributed by atoms with E-state index in [0.29, 0.717) is 6.54 Å². The second-order valence-electron chi connectivity index (χ2n) is 3.68. The Hall–Kier alpha value is -2.03. The van der Waals surface area contributed by atoms with Gasteiger partial charge in [0.1, 0.15) is 5.82 Å². The number of benzene rings is 1. The third-order valence-electron chi connectivity index (χ3n) is 2.50. The molecule has 0 fully saturated rings. The maximum atomic E-state index is 5.99. The summed E-state index contributed by atoms with van der Waals surface area (Å²) in [7, 11) is 0. The molecule has 0 aliphatic heterocycles. The zero-order chi connectivity index (χ0) is 11.4. The fourth-order valence-corrected chi connectivity index (χ4v) is 1.64. The molecule has 2 rings (SSSR count). The highest BCUT2D eigenvalue weighted by atomic mass is 15.1. The molecule has 16 heavy (non-hydrogen) atoms. The molecule has 0 saturated carbocycles. The van der Waals surface area contributed by atoms with Gasteiger partial charge in [-0.2, -0.15) is 0 Å². The molecule has 1 aromatic heterocycles. The van der Waals surface area contributed by atoms with E-state index in [4.69, 9.17) is 5.73 Å². The van der Waals surface area contributed by atoms with Crippen LogP contribution in [0.5, 0.6) is 0 Å². The number of nitrogen functional groups attached to an aromatic ring is 1. The Morgan fingerprint density at radius 1 is 1.31 bits per heavy atom. The molecule has 0 radical (unpaired) electrons. The van der Waals surface area contributed by atoms with E-state index in [1.165, 1.54) is 5.56 Å². The summed E-state index contributed by atoms with van der Waals surface area (Å²) < 4.78 is 1.89. The van der Waals surface area contributed by atoms with Gasteiger partial charge in [-0.15, -0.1) is 6.58 Å². The van der Waals surface area contributed by atoms with E-state index in [2.05, 4.69) is 23.7 Å². The van der Waals surface area contributed by atoms with Gasteiger partial charge in [0.25, 0.3) is 0 Å². The van der Waals surface area contributed by atoms with E-state index in [0.717, 1.165) is 17.9 Å². The Bertz CT molecular complexity index is 471. The Kier molecular flexibility index (Phi) is 3.05. The largest absolute Gasteiger partial charge is 0.384 e. The van der Waals surface area contributed by atoms with Crippen molar-refractivity contribution in [3.05, 3.63) is 60.6 Å². The Morgan fingerprint density at radius 2 is 2.06 bits per heavy atom. The molecule has 0 unspecified atom stereocenters. The third-order valence-corrected chi connectivity index (χ3v) is 2.50. The topological polar surface area (TPSA) is 43.8 Å². The SMILES string of the molecule is C=CCn1cnc(Cc2ccccc2)c1N. The summed E-state index contributed by atoms with van der Waals surface area (Å²) in [5.74, 6) is 0.726. The minimum Gasteiger partial charge on any atom is -0.384 e. The van der Waals surface area contributed by atoms with Gasteiger partial charge in [-0.05, 0) is 5.56 Å². The van der Waals surface area contributed by atoms with Gasteiger partial charge in [-0.3, -0.25) is 0 Å². The van der Waals surface area contributed by atoms with Crippen molar-refractivity contribution in [2.75, 3.05) is 5.73 Å². The van der Waals surface area contributed by atoms with Crippen molar-refractivity contribution in [1.82, 2.24) is 9.55 Å². The third kappa shape index (κ3) is 2.14. The lowest BCUT2D eigenvalue weighted by molar-refractivity contribution is 0.832. The van der Waals surface area contributed by atoms with Gasteiger partial charge in [0.15, 0.2) is 0 Å². The predicted octanol–water partition coefficient (Wildman–Crippen LogP) is 2.24. The highest BCUT2D eigenvalue weighted by molar-refractivity contribution is 5.39. The summed E-state index contributed by atoms with van der Waals surface area (Å²) in [5.41, 5.74) is 8.13. The molecular formula is C13H15N3. The van der Waals surface area contributed by atoms with Crippen LogP contribution in [0.4, 0.5) is 5.82 Å². The second-order valence-corrected chi connectivity index (χ2v) is 3.68. The number of rotatable bonds is 4. The first kappa shape index (κ1) is 10.5. The Labute approximate surface area is 95.2 Å². The molecular weight excluding hydrogens is 198 g/mol. The predicted molar refractivity (Wildman–Crippen MR) is 66.1 cm³/mol. The van der Waals surface area contributed by atoms with Gasteiger partial charge < -0.3 is 10.3 Å². The smallest absolute Gasteiger partial charge is 0.127 e. The number of hydrogen-bond acceptors (Lipinski definition) is 2. The maximum absolute atomic E-state index is 5.99. The molecule has 3 nitrogen and oxygen atoms in total. The van der Waals surface area contributed by atoms with Gasteiger partial charge in [0.2, 0.25) is 0 Å². The average Bonchev–Trinajstić information content (AvgIpc) is 2.64. The summed E-state index contributed by atoms with van der Waals surface area (Å²) in [6.45, 7) is 4.39. The minimum absolute atomic E-state index is 0.702. The van der Waals surface area contributed by atoms with Gasteiger partial charge in [0, 0.05) is 13.0 Å². The fraction of sp³-hybridized carbons (Fsp3) is 0.154. The Morgan fingerprint density at radius 3 is 2.75 bits per heavy atom. The molecule has 0 saturated heterocycles. The van der Waals surface area contributed by atoms with Crippen molar-refractivity contribution in [3.63, 3.8) is 0 Å². The van der Waals surface area contributed by atoms with E-state index in [-0.39, 0.29) is 0 Å². The quantitative estimate of drug-likeness (QED) is 0.791. The number of hydrogen-bond donors (Lipinski definition) is 1. The molecule has 2 aromatic rings. The normalized spacial score (nSPS) is 10.2. The van der Waals surface area contributed by atoms with Crippen molar-refractivity contribution in [2.45, 2.75) is 13.0 Å².